The monoisotopic (exact) mass is 479 g/mol. The van der Waals surface area contributed by atoms with Crippen molar-refractivity contribution in [1.29, 1.82) is 0 Å². The minimum Gasteiger partial charge on any atom is -0.415 e. The summed E-state index contributed by atoms with van der Waals surface area (Å²) in [5.74, 6) is -1.72. The van der Waals surface area contributed by atoms with Gasteiger partial charge in [-0.25, -0.2) is 9.37 Å². The van der Waals surface area contributed by atoms with E-state index < -0.39 is 18.3 Å². The number of fused-ring (bicyclic) bond motifs is 1. The van der Waals surface area contributed by atoms with E-state index >= 15 is 0 Å². The molecule has 2 aromatic heterocycles. The van der Waals surface area contributed by atoms with Gasteiger partial charge in [0.15, 0.2) is 11.6 Å². The predicted octanol–water partition coefficient (Wildman–Crippen LogP) is 3.73. The molecule has 0 aliphatic rings. The fraction of sp³-hybridized carbons (Fsp3) is 0.409. The highest BCUT2D eigenvalue weighted by atomic mass is 19.3. The number of hydrogen-bond donors (Lipinski definition) is 4. The first-order chi connectivity index (χ1) is 16.0. The highest BCUT2D eigenvalue weighted by molar-refractivity contribution is 5.99. The molecule has 1 aromatic carbocycles. The minimum atomic E-state index is -3.05. The number of primary amides is 1. The number of aromatic nitrogens is 3. The maximum Gasteiger partial charge on any atom is 0.388 e. The maximum absolute atomic E-state index is 14.8. The standard InChI is InChI=1S/C22H28F3N7O2/c1-10(2)7-16(11(3)26)29-20-15(23)9-14(18(27)33)19(30-20)28-12-5-6-17-13(8-12)21(31-32(17)4)34-22(24)25/h5-6,8-11,16,22H,7,26H2,1-4H3,(H2,27,33)(H2,28,29,30)/t11-,16+/m0/s1. The molecule has 9 nitrogen and oxygen atoms in total. The van der Waals surface area contributed by atoms with E-state index in [1.807, 2.05) is 13.8 Å². The largest absolute Gasteiger partial charge is 0.415 e. The first kappa shape index (κ1) is 25.1. The lowest BCUT2D eigenvalue weighted by Gasteiger charge is -2.25. The van der Waals surface area contributed by atoms with E-state index in [-0.39, 0.29) is 35.2 Å². The predicted molar refractivity (Wildman–Crippen MR) is 124 cm³/mol. The fourth-order valence-corrected chi connectivity index (χ4v) is 3.58. The Hall–Kier alpha value is -3.54. The van der Waals surface area contributed by atoms with Gasteiger partial charge in [-0.2, -0.15) is 8.78 Å². The van der Waals surface area contributed by atoms with Gasteiger partial charge in [-0.05, 0) is 43.5 Å². The Morgan fingerprint density at radius 3 is 2.50 bits per heavy atom. The van der Waals surface area contributed by atoms with Crippen LogP contribution in [0.1, 0.15) is 37.6 Å². The number of nitrogens with two attached hydrogens (primary N) is 2. The molecule has 0 aliphatic carbocycles. The number of anilines is 3. The van der Waals surface area contributed by atoms with Crippen molar-refractivity contribution in [2.45, 2.75) is 45.9 Å². The van der Waals surface area contributed by atoms with Crippen molar-refractivity contribution < 1.29 is 22.7 Å². The van der Waals surface area contributed by atoms with Gasteiger partial charge < -0.3 is 26.8 Å². The van der Waals surface area contributed by atoms with Gasteiger partial charge in [0.25, 0.3) is 5.91 Å². The molecule has 0 aliphatic heterocycles. The van der Waals surface area contributed by atoms with Crippen molar-refractivity contribution in [2.24, 2.45) is 24.4 Å². The number of amides is 1. The summed E-state index contributed by atoms with van der Waals surface area (Å²) in [6.07, 6.45) is 0.670. The van der Waals surface area contributed by atoms with Crippen LogP contribution in [0, 0.1) is 11.7 Å². The molecule has 0 spiro atoms. The number of halogens is 3. The molecule has 6 N–H and O–H groups in total. The van der Waals surface area contributed by atoms with Gasteiger partial charge in [-0.3, -0.25) is 9.48 Å². The lowest BCUT2D eigenvalue weighted by molar-refractivity contribution is -0.0521. The molecule has 0 saturated heterocycles. The molecular weight excluding hydrogens is 451 g/mol. The summed E-state index contributed by atoms with van der Waals surface area (Å²) in [7, 11) is 1.59. The third-order valence-electron chi connectivity index (χ3n) is 5.20. The second-order valence-electron chi connectivity index (χ2n) is 8.48. The van der Waals surface area contributed by atoms with Crippen molar-refractivity contribution in [1.82, 2.24) is 14.8 Å². The van der Waals surface area contributed by atoms with Gasteiger partial charge in [-0.1, -0.05) is 13.8 Å². The summed E-state index contributed by atoms with van der Waals surface area (Å²) in [4.78, 5) is 16.2. The van der Waals surface area contributed by atoms with Crippen molar-refractivity contribution in [3.05, 3.63) is 35.6 Å². The van der Waals surface area contributed by atoms with Crippen LogP contribution >= 0.6 is 0 Å². The molecule has 0 bridgehead atoms. The minimum absolute atomic E-state index is 0.0102. The lowest BCUT2D eigenvalue weighted by Crippen LogP contribution is -2.39. The Labute approximate surface area is 194 Å². The topological polar surface area (TPSA) is 133 Å². The lowest BCUT2D eigenvalue weighted by atomic mass is 9.99. The highest BCUT2D eigenvalue weighted by Crippen LogP contribution is 2.31. The van der Waals surface area contributed by atoms with Gasteiger partial charge >= 0.3 is 6.61 Å². The average Bonchev–Trinajstić information content (AvgIpc) is 3.03. The summed E-state index contributed by atoms with van der Waals surface area (Å²) in [5.41, 5.74) is 12.2. The van der Waals surface area contributed by atoms with E-state index in [1.54, 1.807) is 26.1 Å². The number of aryl methyl sites for hydroxylation is 1. The number of carbonyl (C=O) groups is 1. The summed E-state index contributed by atoms with van der Waals surface area (Å²) in [5, 5.41) is 10.2. The van der Waals surface area contributed by atoms with Crippen LogP contribution in [-0.2, 0) is 7.05 Å². The van der Waals surface area contributed by atoms with Crippen LogP contribution in [0.3, 0.4) is 0 Å². The molecule has 2 heterocycles. The van der Waals surface area contributed by atoms with Crippen LogP contribution in [-0.4, -0.2) is 39.4 Å². The molecule has 0 saturated carbocycles. The summed E-state index contributed by atoms with van der Waals surface area (Å²) in [6, 6.07) is 5.19. The Morgan fingerprint density at radius 1 is 1.21 bits per heavy atom. The quantitative estimate of drug-likeness (QED) is 0.348. The number of alkyl halides is 2. The van der Waals surface area contributed by atoms with E-state index in [2.05, 4.69) is 25.5 Å². The number of carbonyl (C=O) groups excluding carboxylic acids is 1. The van der Waals surface area contributed by atoms with Gasteiger partial charge in [0.2, 0.25) is 5.88 Å². The van der Waals surface area contributed by atoms with Crippen molar-refractivity contribution in [3.8, 4) is 5.88 Å². The smallest absolute Gasteiger partial charge is 0.388 e. The third-order valence-corrected chi connectivity index (χ3v) is 5.20. The highest BCUT2D eigenvalue weighted by Gasteiger charge is 2.22. The number of benzene rings is 1. The first-order valence-corrected chi connectivity index (χ1v) is 10.7. The summed E-state index contributed by atoms with van der Waals surface area (Å²) >= 11 is 0. The number of rotatable bonds is 10. The Bertz CT molecular complexity index is 1180. The van der Waals surface area contributed by atoms with E-state index in [9.17, 15) is 18.0 Å². The molecule has 184 valence electrons. The molecular formula is C22H28F3N7O2. The molecule has 0 unspecified atom stereocenters. The average molecular weight is 480 g/mol. The number of hydrogen-bond acceptors (Lipinski definition) is 7. The zero-order valence-electron chi connectivity index (χ0n) is 19.3. The van der Waals surface area contributed by atoms with Crippen LogP contribution in [0.15, 0.2) is 24.3 Å². The van der Waals surface area contributed by atoms with Gasteiger partial charge in [0, 0.05) is 24.8 Å². The van der Waals surface area contributed by atoms with Crippen LogP contribution < -0.4 is 26.8 Å². The maximum atomic E-state index is 14.8. The molecule has 12 heteroatoms. The number of nitrogens with one attached hydrogen (secondary N) is 2. The normalized spacial score (nSPS) is 13.4. The zero-order chi connectivity index (χ0) is 25.2. The van der Waals surface area contributed by atoms with E-state index in [4.69, 9.17) is 11.5 Å². The second-order valence-corrected chi connectivity index (χ2v) is 8.48. The Balaban J connectivity index is 2.00. The Kier molecular flexibility index (Phi) is 7.50. The van der Waals surface area contributed by atoms with Gasteiger partial charge in [0.05, 0.1) is 16.5 Å². The van der Waals surface area contributed by atoms with Crippen LogP contribution in [0.5, 0.6) is 5.88 Å². The Morgan fingerprint density at radius 2 is 1.91 bits per heavy atom. The third kappa shape index (κ3) is 5.68. The number of ether oxygens (including phenoxy) is 1. The summed E-state index contributed by atoms with van der Waals surface area (Å²) < 4.78 is 46.2. The molecule has 1 amide bonds. The molecule has 3 aromatic rings. The van der Waals surface area contributed by atoms with Crippen LogP contribution in [0.4, 0.5) is 30.5 Å². The first-order valence-electron chi connectivity index (χ1n) is 10.7. The molecule has 2 atom stereocenters. The van der Waals surface area contributed by atoms with Gasteiger partial charge in [0.1, 0.15) is 5.82 Å². The van der Waals surface area contributed by atoms with Gasteiger partial charge in [-0.15, -0.1) is 5.10 Å². The van der Waals surface area contributed by atoms with E-state index in [1.165, 1.54) is 10.7 Å². The molecule has 0 fully saturated rings. The van der Waals surface area contributed by atoms with Crippen molar-refractivity contribution in [2.75, 3.05) is 10.6 Å². The zero-order valence-corrected chi connectivity index (χ0v) is 19.3. The van der Waals surface area contributed by atoms with Crippen LogP contribution in [0.25, 0.3) is 10.9 Å². The molecule has 3 rings (SSSR count). The van der Waals surface area contributed by atoms with E-state index in [0.29, 0.717) is 28.9 Å². The number of pyridine rings is 1. The van der Waals surface area contributed by atoms with E-state index in [0.717, 1.165) is 6.07 Å². The summed E-state index contributed by atoms with van der Waals surface area (Å²) in [6.45, 7) is 2.79. The van der Waals surface area contributed by atoms with Crippen LogP contribution in [0.2, 0.25) is 0 Å². The van der Waals surface area contributed by atoms with Crippen molar-refractivity contribution in [3.63, 3.8) is 0 Å². The second kappa shape index (κ2) is 10.2. The molecule has 0 radical (unpaired) electrons. The van der Waals surface area contributed by atoms with Crippen molar-refractivity contribution >= 4 is 34.1 Å². The SMILES string of the molecule is CC(C)C[C@@H](Nc1nc(Nc2ccc3c(c2)c(OC(F)F)nn3C)c(C(N)=O)cc1F)[C@H](C)N. The number of nitrogens with zero attached hydrogens (tertiary/aromatic N) is 3. The molecule has 34 heavy (non-hydrogen) atoms. The fourth-order valence-electron chi connectivity index (χ4n) is 3.58.